The molecule has 2 N–H and O–H groups in total. The maximum absolute atomic E-state index is 13.3. The van der Waals surface area contributed by atoms with Gasteiger partial charge in [-0.1, -0.05) is 127 Å². The van der Waals surface area contributed by atoms with Crippen molar-refractivity contribution < 1.29 is 33.7 Å². The first-order valence-corrected chi connectivity index (χ1v) is 20.4. The van der Waals surface area contributed by atoms with Crippen LogP contribution in [0, 0.1) is 0 Å². The number of ether oxygens (including phenoxy) is 3. The van der Waals surface area contributed by atoms with Crippen molar-refractivity contribution in [1.29, 1.82) is 0 Å². The van der Waals surface area contributed by atoms with E-state index in [1.54, 1.807) is 0 Å². The highest BCUT2D eigenvalue weighted by Crippen LogP contribution is 2.40. The van der Waals surface area contributed by atoms with Crippen LogP contribution in [0.25, 0.3) is 21.9 Å². The summed E-state index contributed by atoms with van der Waals surface area (Å²) >= 11 is 0. The van der Waals surface area contributed by atoms with Gasteiger partial charge >= 0.3 is 6.09 Å². The van der Waals surface area contributed by atoms with Crippen LogP contribution in [0.5, 0.6) is 0 Å². The summed E-state index contributed by atoms with van der Waals surface area (Å²) in [5.41, 5.74) is 7.38. The number of benzene rings is 6. The fourth-order valence-electron chi connectivity index (χ4n) is 8.00. The number of amides is 3. The highest BCUT2D eigenvalue weighted by Gasteiger charge is 2.40. The van der Waals surface area contributed by atoms with Crippen molar-refractivity contribution in [2.24, 2.45) is 0 Å². The van der Waals surface area contributed by atoms with E-state index in [0.29, 0.717) is 13.0 Å². The molecule has 0 spiro atoms. The highest BCUT2D eigenvalue weighted by molar-refractivity contribution is 6.06. The Morgan fingerprint density at radius 2 is 1.50 bits per heavy atom. The van der Waals surface area contributed by atoms with Gasteiger partial charge in [0.15, 0.2) is 6.29 Å². The number of imide groups is 1. The quantitative estimate of drug-likeness (QED) is 0.111. The summed E-state index contributed by atoms with van der Waals surface area (Å²) < 4.78 is 18.8. The van der Waals surface area contributed by atoms with Gasteiger partial charge in [-0.3, -0.25) is 19.4 Å². The highest BCUT2D eigenvalue weighted by atomic mass is 16.7. The van der Waals surface area contributed by atoms with Gasteiger partial charge in [-0.05, 0) is 81.9 Å². The number of aliphatic hydroxyl groups is 1. The molecular weight excluding hydrogens is 755 g/mol. The van der Waals surface area contributed by atoms with Crippen molar-refractivity contribution in [2.75, 3.05) is 13.6 Å². The molecule has 2 aliphatic rings. The number of fused-ring (bicyclic) bond motifs is 1. The van der Waals surface area contributed by atoms with Crippen LogP contribution in [-0.2, 0) is 43.6 Å². The molecule has 0 aromatic heterocycles. The van der Waals surface area contributed by atoms with Crippen LogP contribution in [0.15, 0.2) is 146 Å². The van der Waals surface area contributed by atoms with Crippen LogP contribution in [0.4, 0.5) is 4.79 Å². The summed E-state index contributed by atoms with van der Waals surface area (Å²) in [6.07, 6.45) is -1.26. The number of likely N-dealkylation sites (tertiary alicyclic amines) is 1. The molecule has 10 heteroatoms. The SMILES string of the molecule is C[C@H](c1ccc2ccccc2c1)N(C)C[C@@H]1C[C@H](c2ccc(CO)cc2)O[C@H](c2cccc(-c3cccc(CN4C(=O)CC(NC(=O)OCc5ccccc5)C4=O)c3)c2)O1. The Morgan fingerprint density at radius 1 is 0.783 bits per heavy atom. The molecule has 2 saturated heterocycles. The molecule has 0 aliphatic carbocycles. The van der Waals surface area contributed by atoms with Crippen molar-refractivity contribution >= 4 is 28.7 Å². The van der Waals surface area contributed by atoms with E-state index in [2.05, 4.69) is 72.7 Å². The Bertz CT molecular complexity index is 2460. The van der Waals surface area contributed by atoms with E-state index >= 15 is 0 Å². The van der Waals surface area contributed by atoms with Crippen LogP contribution in [0.2, 0.25) is 0 Å². The average Bonchev–Trinajstić information content (AvgIpc) is 3.55. The molecular formula is C50H49N3O7. The van der Waals surface area contributed by atoms with E-state index < -0.39 is 24.3 Å². The lowest BCUT2D eigenvalue weighted by Gasteiger charge is -2.39. The number of aliphatic hydroxyl groups excluding tert-OH is 1. The number of carbonyl (C=O) groups excluding carboxylic acids is 3. The zero-order valence-electron chi connectivity index (χ0n) is 33.8. The molecule has 6 aromatic carbocycles. The van der Waals surface area contributed by atoms with Crippen molar-refractivity contribution in [3.63, 3.8) is 0 Å². The van der Waals surface area contributed by atoms with Crippen molar-refractivity contribution in [3.8, 4) is 11.1 Å². The molecule has 1 unspecified atom stereocenters. The van der Waals surface area contributed by atoms with Gasteiger partial charge in [0.05, 0.1) is 31.8 Å². The van der Waals surface area contributed by atoms with Gasteiger partial charge < -0.3 is 24.6 Å². The van der Waals surface area contributed by atoms with Crippen molar-refractivity contribution in [1.82, 2.24) is 15.1 Å². The largest absolute Gasteiger partial charge is 0.445 e. The summed E-state index contributed by atoms with van der Waals surface area (Å²) in [6, 6.07) is 47.1. The van der Waals surface area contributed by atoms with E-state index in [4.69, 9.17) is 14.2 Å². The second-order valence-electron chi connectivity index (χ2n) is 15.7. The van der Waals surface area contributed by atoms with E-state index in [1.807, 2.05) is 97.1 Å². The Morgan fingerprint density at radius 3 is 2.28 bits per heavy atom. The standard InChI is InChI=1S/C50H49N3O7/c1-33(39-23-22-37-13-6-7-14-41(37)25-39)52(2)30-44-27-46(38-20-18-34(31-54)19-21-38)60-49(59-44)43-17-9-16-42(26-43)40-15-8-12-36(24-40)29-53-47(55)28-45(48(53)56)51-50(57)58-32-35-10-4-3-5-11-35/h3-26,33,44-46,49,54H,27-32H2,1-2H3,(H,51,57)/t33-,44+,45?,46-,49-/m1/s1. The lowest BCUT2D eigenvalue weighted by Crippen LogP contribution is -2.41. The summed E-state index contributed by atoms with van der Waals surface area (Å²) in [4.78, 5) is 42.3. The van der Waals surface area contributed by atoms with Crippen molar-refractivity contribution in [2.45, 2.75) is 70.1 Å². The third-order valence-corrected chi connectivity index (χ3v) is 11.5. The Hall–Kier alpha value is -6.17. The van der Waals surface area contributed by atoms with Crippen LogP contribution in [-0.4, -0.2) is 58.6 Å². The predicted octanol–water partition coefficient (Wildman–Crippen LogP) is 8.79. The van der Waals surface area contributed by atoms with E-state index in [0.717, 1.165) is 38.9 Å². The van der Waals surface area contributed by atoms with Crippen LogP contribution >= 0.6 is 0 Å². The molecule has 8 rings (SSSR count). The Labute approximate surface area is 350 Å². The Kier molecular flexibility index (Phi) is 12.4. The number of hydrogen-bond donors (Lipinski definition) is 2. The lowest BCUT2D eigenvalue weighted by atomic mass is 9.97. The van der Waals surface area contributed by atoms with Crippen LogP contribution in [0.1, 0.15) is 71.6 Å². The Balaban J connectivity index is 0.962. The zero-order chi connectivity index (χ0) is 41.6. The summed E-state index contributed by atoms with van der Waals surface area (Å²) in [6.45, 7) is 3.00. The third-order valence-electron chi connectivity index (χ3n) is 11.5. The first-order chi connectivity index (χ1) is 29.2. The van der Waals surface area contributed by atoms with Gasteiger partial charge in [0.1, 0.15) is 12.6 Å². The minimum atomic E-state index is -0.988. The van der Waals surface area contributed by atoms with Gasteiger partial charge in [-0.25, -0.2) is 4.79 Å². The zero-order valence-corrected chi connectivity index (χ0v) is 33.8. The van der Waals surface area contributed by atoms with E-state index in [9.17, 15) is 19.5 Å². The van der Waals surface area contributed by atoms with Gasteiger partial charge in [0.2, 0.25) is 5.91 Å². The fourth-order valence-corrected chi connectivity index (χ4v) is 8.00. The molecule has 60 heavy (non-hydrogen) atoms. The van der Waals surface area contributed by atoms with Gasteiger partial charge in [-0.2, -0.15) is 0 Å². The lowest BCUT2D eigenvalue weighted by molar-refractivity contribution is -0.253. The smallest absolute Gasteiger partial charge is 0.408 e. The number of nitrogens with zero attached hydrogens (tertiary/aromatic N) is 2. The number of carbonyl (C=O) groups is 3. The van der Waals surface area contributed by atoms with Crippen molar-refractivity contribution in [3.05, 3.63) is 179 Å². The van der Waals surface area contributed by atoms with E-state index in [-0.39, 0.29) is 50.3 Å². The molecule has 10 nitrogen and oxygen atoms in total. The maximum Gasteiger partial charge on any atom is 0.408 e. The molecule has 3 amide bonds. The number of likely N-dealkylation sites (N-methyl/N-ethyl adjacent to an activating group) is 1. The molecule has 2 fully saturated rings. The fraction of sp³-hybridized carbons (Fsp3) is 0.260. The number of hydrogen-bond acceptors (Lipinski definition) is 8. The molecule has 0 saturated carbocycles. The van der Waals surface area contributed by atoms with Crippen LogP contribution < -0.4 is 5.32 Å². The minimum Gasteiger partial charge on any atom is -0.445 e. The van der Waals surface area contributed by atoms with E-state index in [1.165, 1.54) is 21.2 Å². The monoisotopic (exact) mass is 803 g/mol. The topological polar surface area (TPSA) is 118 Å². The number of alkyl carbamates (subject to hydrolysis) is 1. The average molecular weight is 804 g/mol. The summed E-state index contributed by atoms with van der Waals surface area (Å²) in [7, 11) is 2.13. The van der Waals surface area contributed by atoms with Crippen LogP contribution in [0.3, 0.4) is 0 Å². The minimum absolute atomic E-state index is 0.0278. The molecule has 306 valence electrons. The molecule has 2 aliphatic heterocycles. The molecule has 2 heterocycles. The third kappa shape index (κ3) is 9.48. The van der Waals surface area contributed by atoms with Gasteiger partial charge in [0, 0.05) is 24.6 Å². The first kappa shape index (κ1) is 40.6. The second-order valence-corrected chi connectivity index (χ2v) is 15.7. The summed E-state index contributed by atoms with van der Waals surface area (Å²) in [5.74, 6) is -0.831. The predicted molar refractivity (Wildman–Crippen MR) is 229 cm³/mol. The summed E-state index contributed by atoms with van der Waals surface area (Å²) in [5, 5.41) is 14.7. The maximum atomic E-state index is 13.3. The normalized spacial score (nSPS) is 19.8. The van der Waals surface area contributed by atoms with Gasteiger partial charge in [0.25, 0.3) is 5.91 Å². The first-order valence-electron chi connectivity index (χ1n) is 20.4. The molecule has 6 aromatic rings. The molecule has 5 atom stereocenters. The second kappa shape index (κ2) is 18.4. The molecule has 0 radical (unpaired) electrons. The number of nitrogens with one attached hydrogen (secondary N) is 1. The van der Waals surface area contributed by atoms with Gasteiger partial charge in [-0.15, -0.1) is 0 Å². The number of rotatable bonds is 13. The molecule has 0 bridgehead atoms.